The van der Waals surface area contributed by atoms with Crippen molar-refractivity contribution in [1.29, 1.82) is 0 Å². The van der Waals surface area contributed by atoms with E-state index in [9.17, 15) is 30.7 Å². The van der Waals surface area contributed by atoms with Crippen LogP contribution in [-0.2, 0) is 5.92 Å². The molecule has 0 aliphatic rings. The van der Waals surface area contributed by atoms with Gasteiger partial charge < -0.3 is 0 Å². The Morgan fingerprint density at radius 1 is 1.00 bits per heavy atom. The summed E-state index contributed by atoms with van der Waals surface area (Å²) >= 11 is 0. The fourth-order valence-electron chi connectivity index (χ4n) is 0.750. The molecule has 0 aliphatic carbocycles. The summed E-state index contributed by atoms with van der Waals surface area (Å²) in [5, 5.41) is 5.28. The fraction of sp³-hybridized carbons (Fsp3) is 0.429. The lowest BCUT2D eigenvalue weighted by Crippen LogP contribution is -2.50. The molecule has 0 fully saturated rings. The lowest BCUT2D eigenvalue weighted by molar-refractivity contribution is -0.360. The molecule has 0 saturated heterocycles. The summed E-state index contributed by atoms with van der Waals surface area (Å²) in [6, 6.07) is 2.14. The van der Waals surface area contributed by atoms with Gasteiger partial charge in [0.2, 0.25) is 0 Å². The van der Waals surface area contributed by atoms with E-state index in [2.05, 4.69) is 10.2 Å². The maximum absolute atomic E-state index is 12.8. The van der Waals surface area contributed by atoms with Crippen molar-refractivity contribution < 1.29 is 30.7 Å². The molecular formula is C7H2F7N2. The molecule has 16 heavy (non-hydrogen) atoms. The van der Waals surface area contributed by atoms with Crippen LogP contribution in [0.3, 0.4) is 0 Å². The van der Waals surface area contributed by atoms with Crippen LogP contribution >= 0.6 is 0 Å². The SMILES string of the molecule is FC(F)(F)C(F)(F)C(F)(F)c1[c]ccnn1. The van der Waals surface area contributed by atoms with E-state index >= 15 is 0 Å². The molecule has 1 heterocycles. The topological polar surface area (TPSA) is 25.8 Å². The van der Waals surface area contributed by atoms with Gasteiger partial charge in [-0.3, -0.25) is 0 Å². The zero-order valence-electron chi connectivity index (χ0n) is 7.19. The molecule has 1 radical (unpaired) electrons. The average molecular weight is 247 g/mol. The number of aromatic nitrogens is 2. The summed E-state index contributed by atoms with van der Waals surface area (Å²) in [4.78, 5) is 0. The standard InChI is InChI=1S/C7H2F7N2/c8-5(9,4-2-1-3-15-16-4)6(10,11)7(12,13)14/h1,3H. The smallest absolute Gasteiger partial charge is 0.192 e. The molecule has 0 saturated carbocycles. The van der Waals surface area contributed by atoms with E-state index in [-0.39, 0.29) is 0 Å². The van der Waals surface area contributed by atoms with Gasteiger partial charge in [0, 0.05) is 6.07 Å². The Labute approximate surface area is 84.1 Å². The summed E-state index contributed by atoms with van der Waals surface area (Å²) in [6.45, 7) is 0. The minimum Gasteiger partial charge on any atom is -0.192 e. The summed E-state index contributed by atoms with van der Waals surface area (Å²) < 4.78 is 85.7. The maximum atomic E-state index is 12.8. The van der Waals surface area contributed by atoms with Crippen LogP contribution in [0.4, 0.5) is 30.7 Å². The van der Waals surface area contributed by atoms with Crippen LogP contribution in [0, 0.1) is 6.07 Å². The van der Waals surface area contributed by atoms with Gasteiger partial charge in [0.05, 0.1) is 6.20 Å². The van der Waals surface area contributed by atoms with Gasteiger partial charge in [0.25, 0.3) is 0 Å². The van der Waals surface area contributed by atoms with E-state index in [1.54, 1.807) is 0 Å². The Bertz CT molecular complexity index is 359. The Morgan fingerprint density at radius 3 is 1.94 bits per heavy atom. The van der Waals surface area contributed by atoms with Gasteiger partial charge in [-0.15, -0.1) is 5.10 Å². The summed E-state index contributed by atoms with van der Waals surface area (Å²) in [7, 11) is 0. The number of rotatable bonds is 2. The molecule has 0 spiro atoms. The van der Waals surface area contributed by atoms with Crippen molar-refractivity contribution in [2.24, 2.45) is 0 Å². The first-order chi connectivity index (χ1) is 7.11. The molecule has 0 amide bonds. The van der Waals surface area contributed by atoms with Crippen LogP contribution in [0.5, 0.6) is 0 Å². The number of nitrogens with zero attached hydrogens (tertiary/aromatic N) is 2. The zero-order valence-corrected chi connectivity index (χ0v) is 7.19. The lowest BCUT2D eigenvalue weighted by atomic mass is 10.1. The molecule has 1 aromatic rings. The summed E-state index contributed by atoms with van der Waals surface area (Å²) in [6.07, 6.45) is -5.58. The highest BCUT2D eigenvalue weighted by atomic mass is 19.4. The first-order valence-corrected chi connectivity index (χ1v) is 3.63. The molecule has 2 nitrogen and oxygen atoms in total. The van der Waals surface area contributed by atoms with Gasteiger partial charge >= 0.3 is 18.0 Å². The third kappa shape index (κ3) is 1.81. The Hall–Kier alpha value is -1.41. The second kappa shape index (κ2) is 3.56. The lowest BCUT2D eigenvalue weighted by Gasteiger charge is -2.26. The second-order valence-electron chi connectivity index (χ2n) is 2.67. The van der Waals surface area contributed by atoms with Gasteiger partial charge in [-0.25, -0.2) is 0 Å². The van der Waals surface area contributed by atoms with E-state index in [1.807, 2.05) is 0 Å². The predicted molar refractivity (Wildman–Crippen MR) is 35.8 cm³/mol. The van der Waals surface area contributed by atoms with Crippen LogP contribution in [0.15, 0.2) is 12.3 Å². The molecule has 1 rings (SSSR count). The van der Waals surface area contributed by atoms with E-state index in [1.165, 1.54) is 6.07 Å². The first kappa shape index (κ1) is 12.7. The van der Waals surface area contributed by atoms with Gasteiger partial charge in [0.15, 0.2) is 0 Å². The second-order valence-corrected chi connectivity index (χ2v) is 2.67. The van der Waals surface area contributed by atoms with Crippen molar-refractivity contribution in [3.8, 4) is 0 Å². The maximum Gasteiger partial charge on any atom is 0.460 e. The molecule has 0 bridgehead atoms. The van der Waals surface area contributed by atoms with Crippen LogP contribution in [0.25, 0.3) is 0 Å². The van der Waals surface area contributed by atoms with Crippen molar-refractivity contribution in [3.63, 3.8) is 0 Å². The molecule has 0 aromatic carbocycles. The normalized spacial score (nSPS) is 13.9. The van der Waals surface area contributed by atoms with Gasteiger partial charge in [0.1, 0.15) is 5.69 Å². The van der Waals surface area contributed by atoms with Gasteiger partial charge in [-0.05, 0) is 6.07 Å². The summed E-state index contributed by atoms with van der Waals surface area (Å²) in [5.41, 5.74) is -1.86. The van der Waals surface area contributed by atoms with Gasteiger partial charge in [-0.2, -0.15) is 35.8 Å². The van der Waals surface area contributed by atoms with Gasteiger partial charge in [-0.1, -0.05) is 0 Å². The van der Waals surface area contributed by atoms with E-state index in [4.69, 9.17) is 0 Å². The third-order valence-electron chi connectivity index (χ3n) is 1.57. The number of alkyl halides is 7. The molecule has 0 aliphatic heterocycles. The van der Waals surface area contributed by atoms with E-state index in [0.29, 0.717) is 6.07 Å². The molecular weight excluding hydrogens is 245 g/mol. The van der Waals surface area contributed by atoms with Crippen molar-refractivity contribution in [1.82, 2.24) is 10.2 Å². The Balaban J connectivity index is 3.22. The van der Waals surface area contributed by atoms with Crippen molar-refractivity contribution >= 4 is 0 Å². The highest BCUT2D eigenvalue weighted by Crippen LogP contribution is 2.50. The molecule has 0 atom stereocenters. The van der Waals surface area contributed by atoms with E-state index < -0.39 is 23.7 Å². The highest BCUT2D eigenvalue weighted by molar-refractivity contribution is 5.11. The number of halogens is 7. The van der Waals surface area contributed by atoms with E-state index in [0.717, 1.165) is 6.20 Å². The minimum absolute atomic E-state index is 0.655. The van der Waals surface area contributed by atoms with Crippen molar-refractivity contribution in [2.45, 2.75) is 18.0 Å². The van der Waals surface area contributed by atoms with Crippen LogP contribution in [0.1, 0.15) is 5.69 Å². The molecule has 0 N–H and O–H groups in total. The molecule has 9 heteroatoms. The number of hydrogen-bond acceptors (Lipinski definition) is 2. The van der Waals surface area contributed by atoms with Crippen molar-refractivity contribution in [2.75, 3.05) is 0 Å². The third-order valence-corrected chi connectivity index (χ3v) is 1.57. The molecule has 1 aromatic heterocycles. The summed E-state index contributed by atoms with van der Waals surface area (Å²) in [5.74, 6) is -11.7. The number of hydrogen-bond donors (Lipinski definition) is 0. The highest BCUT2D eigenvalue weighted by Gasteiger charge is 2.74. The fourth-order valence-corrected chi connectivity index (χ4v) is 0.750. The quantitative estimate of drug-likeness (QED) is 0.750. The zero-order chi connectivity index (χ0) is 12.6. The predicted octanol–water partition coefficient (Wildman–Crippen LogP) is 2.57. The minimum atomic E-state index is -6.39. The van der Waals surface area contributed by atoms with Crippen molar-refractivity contribution in [3.05, 3.63) is 24.0 Å². The van der Waals surface area contributed by atoms with Crippen LogP contribution in [-0.4, -0.2) is 22.3 Å². The monoisotopic (exact) mass is 247 g/mol. The Morgan fingerprint density at radius 2 is 1.56 bits per heavy atom. The van der Waals surface area contributed by atoms with Crippen LogP contribution in [0.2, 0.25) is 0 Å². The van der Waals surface area contributed by atoms with Crippen LogP contribution < -0.4 is 0 Å². The Kier molecular flexibility index (Phi) is 2.82. The average Bonchev–Trinajstić information content (AvgIpc) is 2.17. The molecule has 0 unspecified atom stereocenters. The first-order valence-electron chi connectivity index (χ1n) is 3.63. The molecule has 89 valence electrons. The largest absolute Gasteiger partial charge is 0.460 e.